The number of ether oxygens (including phenoxy) is 4. The Hall–Kier alpha value is -14.2. The van der Waals surface area contributed by atoms with Gasteiger partial charge in [-0.2, -0.15) is 13.1 Å². The molecule has 5 aromatic heterocycles. The maximum atomic E-state index is 12.7. The van der Waals surface area contributed by atoms with Crippen molar-refractivity contribution in [1.29, 1.82) is 0 Å². The molecular formula is C107H113Cl2I3N16O16S. The van der Waals surface area contributed by atoms with E-state index in [1.54, 1.807) is 166 Å². The lowest BCUT2D eigenvalue weighted by Crippen LogP contribution is -2.46. The minimum Gasteiger partial charge on any atom is -0.480 e. The van der Waals surface area contributed by atoms with Crippen LogP contribution < -0.4 is 60.4 Å². The maximum absolute atomic E-state index is 12.7. The van der Waals surface area contributed by atoms with E-state index >= 15 is 0 Å². The number of halogens is 5. The lowest BCUT2D eigenvalue weighted by molar-refractivity contribution is -0.146. The third-order valence-corrected chi connectivity index (χ3v) is 22.5. The monoisotopic (exact) mass is 2360 g/mol. The van der Waals surface area contributed by atoms with Crippen LogP contribution in [0.25, 0.3) is 0 Å². The number of nitrogens with zero attached hydrogens (tertiary/aromatic N) is 5. The number of aromatic nitrogens is 5. The number of nitrogens with two attached hydrogens (primary N) is 6. The van der Waals surface area contributed by atoms with Crippen molar-refractivity contribution in [2.75, 3.05) is 74.7 Å². The molecule has 0 unspecified atom stereocenters. The molecule has 32 nitrogen and oxygen atoms in total. The number of hydrogen-bond donors (Lipinski definition) is 13. The second-order valence-electron chi connectivity index (χ2n) is 30.5. The number of nitrogens with one attached hydrogen (secondary N) is 5. The fourth-order valence-corrected chi connectivity index (χ4v) is 14.2. The molecule has 7 aromatic carbocycles. The molecule has 0 radical (unpaired) electrons. The van der Waals surface area contributed by atoms with Crippen molar-refractivity contribution in [3.05, 3.63) is 363 Å². The van der Waals surface area contributed by atoms with Crippen LogP contribution in [-0.4, -0.2) is 155 Å². The van der Waals surface area contributed by atoms with Crippen molar-refractivity contribution >= 4 is 179 Å². The quantitative estimate of drug-likeness (QED) is 0.00744. The molecule has 0 fully saturated rings. The van der Waals surface area contributed by atoms with Crippen molar-refractivity contribution in [1.82, 2.24) is 50.9 Å². The Morgan fingerprint density at radius 2 is 0.697 bits per heavy atom. The highest BCUT2D eigenvalue weighted by atomic mass is 127. The van der Waals surface area contributed by atoms with Crippen LogP contribution in [-0.2, 0) is 108 Å². The third-order valence-electron chi connectivity index (χ3n) is 19.9. The number of aryl methyl sites for hydroxylation is 8. The second-order valence-corrected chi connectivity index (χ2v) is 35.0. The molecule has 0 saturated heterocycles. The number of rotatable bonds is 37. The predicted octanol–water partition coefficient (Wildman–Crippen LogP) is 13.5. The SMILES string of the molecule is CCOC(=O)[C@@H](CN)NS(=O)(=O)C#CC#CC#CI.CCOC(=O)[C@H](CNC(=O)c1ccc(CCc2cccc(N)n2)cc1)NCc1ccc(I)cc1.CCOC(=O)c1ccc(C#Cc2cccc(N)n2)cc1.CCOC(=O)c1ccc(CCc2cccc(N)n2)cc1.Cl.Cl.Nc1cccc(CCc2ccc(C(=O)NC[C@H](NCc3ccc(I)cc3)C(=O)O)cc2)n1.Nc1cccc(CCc2ccc(C(=O)O)cc2)n1. The Balaban J connectivity index is 0.000000311. The summed E-state index contributed by atoms with van der Waals surface area (Å²) in [5.74, 6) is 13.2. The molecule has 2 amide bonds. The summed E-state index contributed by atoms with van der Waals surface area (Å²) in [6.07, 6.45) is 6.39. The first kappa shape index (κ1) is 121. The standard InChI is InChI=1S/C26H29IN4O3.C24H25IN4O3.C16H18N2O2.C16H14N2O2.C14H14N2O2.C11H11IN2O4S.2ClH/c1-2-34-26(33)23(29-16-19-8-13-21(27)14-9-19)17-30-25(32)20-11-6-18(7-12-20)10-15-22-4-3-5-24(28)31-22;25-19-11-6-17(7-12-19)14-27-21(24(31)32)15-28-23(30)18-9-4-16(5-10-18)8-13-20-2-1-3-22(26)29-20;2*1-2-20-16(19)13-9-6-12(7-10-13)8-11-14-4-3-5-15(17)18-14;15-13-3-1-2-12(16-13)9-6-10-4-7-11(8-5-10)14(17)18;1-2-18-11(15)10(9-13)14-19(16,17)8-6-4-3-5-7-12;;/h3-9,11-14,23,29H,2,10,15-17H2,1H3,(H2,28,31)(H,30,32);1-7,9-12,21,27H,8,13-15H2,(H2,26,29)(H,28,30)(H,31,32);3-7,9-10H,2,8,11H2,1H3,(H2,17,18);3-7,9-10H,2H2,1H3,(H2,17,18);1-5,7-8H,6,9H2,(H2,15,16)(H,17,18);10,14H,2,9,13H2,1H3;2*1H/t23-;21-;;;;10-;;/m00...1../s1. The summed E-state index contributed by atoms with van der Waals surface area (Å²) in [5.41, 5.74) is 47.6. The topological polar surface area (TPSA) is 529 Å². The third kappa shape index (κ3) is 48.2. The molecule has 3 atom stereocenters. The average molecular weight is 2360 g/mol. The Kier molecular flexibility index (Phi) is 56.4. The Morgan fingerprint density at radius 1 is 0.372 bits per heavy atom. The molecule has 19 N–H and O–H groups in total. The first-order valence-electron chi connectivity index (χ1n) is 44.9. The smallest absolute Gasteiger partial charge is 0.338 e. The van der Waals surface area contributed by atoms with Gasteiger partial charge in [-0.05, 0) is 337 Å². The van der Waals surface area contributed by atoms with Gasteiger partial charge in [-0.15, -0.1) is 24.8 Å². The summed E-state index contributed by atoms with van der Waals surface area (Å²) in [5, 5.41) is 31.8. The van der Waals surface area contributed by atoms with Crippen LogP contribution in [0.3, 0.4) is 0 Å². The van der Waals surface area contributed by atoms with Gasteiger partial charge in [0.1, 0.15) is 52.9 Å². The van der Waals surface area contributed by atoms with Gasteiger partial charge < -0.3 is 74.2 Å². The number of benzene rings is 7. The van der Waals surface area contributed by atoms with E-state index in [9.17, 15) is 51.9 Å². The van der Waals surface area contributed by atoms with Gasteiger partial charge in [-0.25, -0.2) is 39.3 Å². The number of nitrogen functional groups attached to an aromatic ring is 5. The van der Waals surface area contributed by atoms with Crippen LogP contribution in [0.2, 0.25) is 0 Å². The van der Waals surface area contributed by atoms with Crippen LogP contribution in [0.1, 0.15) is 147 Å². The summed E-state index contributed by atoms with van der Waals surface area (Å²) in [7, 11) is -3.99. The van der Waals surface area contributed by atoms with Gasteiger partial charge in [0.2, 0.25) is 0 Å². The number of aromatic carboxylic acids is 1. The number of amides is 2. The molecule has 0 aliphatic rings. The van der Waals surface area contributed by atoms with Gasteiger partial charge in [0, 0.05) is 114 Å². The molecule has 12 rings (SSSR count). The van der Waals surface area contributed by atoms with E-state index in [1.165, 1.54) is 0 Å². The first-order chi connectivity index (χ1) is 68.8. The number of esters is 4. The molecule has 38 heteroatoms. The van der Waals surface area contributed by atoms with Crippen LogP contribution in [0.4, 0.5) is 29.1 Å². The predicted molar refractivity (Wildman–Crippen MR) is 592 cm³/mol. The van der Waals surface area contributed by atoms with E-state index in [0.717, 1.165) is 120 Å². The average Bonchev–Trinajstić information content (AvgIpc) is 0.883. The van der Waals surface area contributed by atoms with Crippen LogP contribution in [0, 0.1) is 51.8 Å². The van der Waals surface area contributed by atoms with Crippen molar-refractivity contribution in [2.24, 2.45) is 5.73 Å². The molecule has 0 aliphatic carbocycles. The van der Waals surface area contributed by atoms with Gasteiger partial charge >= 0.3 is 35.8 Å². The lowest BCUT2D eigenvalue weighted by atomic mass is 10.1. The molecule has 758 valence electrons. The zero-order valence-electron chi connectivity index (χ0n) is 79.7. The minimum atomic E-state index is -3.99. The number of sulfonamides is 1. The number of hydrogen-bond acceptors (Lipinski definition) is 27. The number of aliphatic carboxylic acids is 1. The van der Waals surface area contributed by atoms with Crippen LogP contribution in [0.5, 0.6) is 0 Å². The molecule has 0 spiro atoms. The first-order valence-corrected chi connectivity index (χ1v) is 49.6. The van der Waals surface area contributed by atoms with Crippen LogP contribution in [0.15, 0.2) is 261 Å². The minimum absolute atomic E-state index is 0. The summed E-state index contributed by atoms with van der Waals surface area (Å²) in [4.78, 5) is 115. The highest BCUT2D eigenvalue weighted by Gasteiger charge is 2.25. The Morgan fingerprint density at radius 3 is 1.04 bits per heavy atom. The zero-order valence-corrected chi connectivity index (χ0v) is 88.7. The van der Waals surface area contributed by atoms with Crippen molar-refractivity contribution in [3.8, 4) is 44.7 Å². The highest BCUT2D eigenvalue weighted by molar-refractivity contribution is 14.1. The van der Waals surface area contributed by atoms with E-state index in [4.69, 9.17) is 53.7 Å². The molecular weight excluding hydrogens is 2250 g/mol. The maximum Gasteiger partial charge on any atom is 0.338 e. The number of pyridine rings is 5. The Bertz CT molecular complexity index is 6570. The van der Waals surface area contributed by atoms with Gasteiger partial charge in [0.05, 0.1) is 48.4 Å². The van der Waals surface area contributed by atoms with E-state index in [1.807, 2.05) is 156 Å². The van der Waals surface area contributed by atoms with Crippen molar-refractivity contribution in [2.45, 2.75) is 110 Å². The van der Waals surface area contributed by atoms with Crippen LogP contribution >= 0.6 is 92.6 Å². The molecule has 5 heterocycles. The van der Waals surface area contributed by atoms with E-state index in [-0.39, 0.29) is 87.4 Å². The van der Waals surface area contributed by atoms with Crippen molar-refractivity contribution in [3.63, 3.8) is 0 Å². The lowest BCUT2D eigenvalue weighted by Gasteiger charge is -2.18. The van der Waals surface area contributed by atoms with E-state index < -0.39 is 46.1 Å². The fourth-order valence-electron chi connectivity index (χ4n) is 12.5. The summed E-state index contributed by atoms with van der Waals surface area (Å²) in [6, 6.07) is 76.8. The fraction of sp³-hybridized carbons (Fsp3) is 0.224. The van der Waals surface area contributed by atoms with Gasteiger partial charge in [-0.1, -0.05) is 109 Å². The molecule has 12 aromatic rings. The number of anilines is 5. The number of carbonyl (C=O) groups excluding carboxylic acids is 6. The summed E-state index contributed by atoms with van der Waals surface area (Å²) in [6.45, 7) is 8.88. The second kappa shape index (κ2) is 67.4. The number of carboxylic acids is 2. The van der Waals surface area contributed by atoms with Gasteiger partial charge in [-0.3, -0.25) is 34.6 Å². The largest absolute Gasteiger partial charge is 0.480 e. The van der Waals surface area contributed by atoms with Crippen molar-refractivity contribution < 1.29 is 75.9 Å². The molecule has 0 bridgehead atoms. The Labute approximate surface area is 897 Å². The van der Waals surface area contributed by atoms with E-state index in [0.29, 0.717) is 88.9 Å². The molecule has 0 aliphatic heterocycles. The number of carbonyl (C=O) groups is 8. The number of carboxylic acid groups (broad SMARTS) is 2. The highest BCUT2D eigenvalue weighted by Crippen LogP contribution is 2.18. The summed E-state index contributed by atoms with van der Waals surface area (Å²) >= 11 is 6.25. The zero-order chi connectivity index (χ0) is 104. The summed E-state index contributed by atoms with van der Waals surface area (Å²) < 4.78 is 49.4. The normalized spacial score (nSPS) is 10.7. The van der Waals surface area contributed by atoms with Gasteiger partial charge in [0.15, 0.2) is 0 Å². The van der Waals surface area contributed by atoms with Gasteiger partial charge in [0.25, 0.3) is 21.8 Å². The molecule has 0 saturated carbocycles. The molecule has 145 heavy (non-hydrogen) atoms. The van der Waals surface area contributed by atoms with E-state index in [2.05, 4.69) is 136 Å².